The zero-order valence-corrected chi connectivity index (χ0v) is 42.6. The number of methoxy groups -OCH3 is 2. The van der Waals surface area contributed by atoms with Gasteiger partial charge >= 0.3 is 5.97 Å². The minimum atomic E-state index is -2.01. The smallest absolute Gasteiger partial charge is 0.311 e. The Morgan fingerprint density at radius 1 is 0.928 bits per heavy atom. The van der Waals surface area contributed by atoms with Crippen LogP contribution >= 0.6 is 0 Å². The van der Waals surface area contributed by atoms with E-state index < -0.39 is 114 Å². The van der Waals surface area contributed by atoms with E-state index in [0.717, 1.165) is 11.1 Å². The van der Waals surface area contributed by atoms with Crippen LogP contribution in [-0.4, -0.2) is 169 Å². The van der Waals surface area contributed by atoms with Crippen LogP contribution in [0.4, 0.5) is 0 Å². The number of nitrogens with zero attached hydrogens (tertiary/aromatic N) is 4. The molecule has 0 saturated carbocycles. The van der Waals surface area contributed by atoms with Gasteiger partial charge in [0, 0.05) is 63.0 Å². The number of likely N-dealkylation sites (N-methyl/N-ethyl adjacent to an activating group) is 1. The summed E-state index contributed by atoms with van der Waals surface area (Å²) in [5.74, 6) is -5.32. The van der Waals surface area contributed by atoms with E-state index in [1.165, 1.54) is 25.8 Å². The Labute approximate surface area is 406 Å². The number of carbonyl (C=O) groups is 3. The van der Waals surface area contributed by atoms with Crippen LogP contribution in [0.1, 0.15) is 107 Å². The lowest BCUT2D eigenvalue weighted by atomic mass is 9.74. The lowest BCUT2D eigenvalue weighted by molar-refractivity contribution is -0.319. The van der Waals surface area contributed by atoms with Crippen molar-refractivity contribution in [3.05, 3.63) is 36.0 Å². The van der Waals surface area contributed by atoms with Crippen LogP contribution in [0.3, 0.4) is 0 Å². The first-order valence-corrected chi connectivity index (χ1v) is 24.2. The largest absolute Gasteiger partial charge is 0.459 e. The van der Waals surface area contributed by atoms with Crippen molar-refractivity contribution in [1.29, 1.82) is 0 Å². The number of benzene rings is 1. The number of esters is 1. The summed E-state index contributed by atoms with van der Waals surface area (Å²) >= 11 is 0. The van der Waals surface area contributed by atoms with Crippen LogP contribution in [0.15, 0.2) is 30.5 Å². The SMILES string of the molecule is CC[C@@H]1OC(=O)[C@@H](C)[C@H](O[C@H]2C[C@@](C)(OC)[C@@H](O)[C@H](C)O2)[C@H](C)[C@H](O[C@@H]2O[C@H](C)C[C@H](N(C)Cc3ccc(-c4cn(CCC(=O)NO)nn4)cc3)[C@H]2O)[C@@](C)(OC)C[C@H](C)C(=O)[C@@H](C)[C@@H](O)[C@@]1(C)O. The predicted molar refractivity (Wildman–Crippen MR) is 249 cm³/mol. The average molecular weight is 978 g/mol. The second kappa shape index (κ2) is 23.4. The summed E-state index contributed by atoms with van der Waals surface area (Å²) in [6.45, 7) is 17.6. The van der Waals surface area contributed by atoms with Crippen LogP contribution in [0.2, 0.25) is 0 Å². The predicted octanol–water partition coefficient (Wildman–Crippen LogP) is 3.16. The van der Waals surface area contributed by atoms with Crippen molar-refractivity contribution >= 4 is 17.7 Å². The van der Waals surface area contributed by atoms with Gasteiger partial charge < -0.3 is 53.6 Å². The number of aliphatic hydroxyl groups excluding tert-OH is 3. The van der Waals surface area contributed by atoms with E-state index >= 15 is 0 Å². The lowest BCUT2D eigenvalue weighted by Gasteiger charge is -2.50. The van der Waals surface area contributed by atoms with E-state index in [-0.39, 0.29) is 44.1 Å². The molecule has 3 fully saturated rings. The number of hydrogen-bond acceptors (Lipinski definition) is 18. The number of aryl methyl sites for hydroxylation is 1. The molecule has 0 aliphatic carbocycles. The quantitative estimate of drug-likeness (QED) is 0.0902. The summed E-state index contributed by atoms with van der Waals surface area (Å²) in [6, 6.07) is 7.28. The monoisotopic (exact) mass is 978 g/mol. The summed E-state index contributed by atoms with van der Waals surface area (Å²) in [4.78, 5) is 42.2. The fourth-order valence-corrected chi connectivity index (χ4v) is 10.5. The van der Waals surface area contributed by atoms with Gasteiger partial charge in [0.15, 0.2) is 12.6 Å². The minimum absolute atomic E-state index is 0.0379. The molecular weight excluding hydrogens is 899 g/mol. The Balaban J connectivity index is 1.48. The number of rotatable bonds is 14. The minimum Gasteiger partial charge on any atom is -0.459 e. The highest BCUT2D eigenvalue weighted by Gasteiger charge is 2.54. The number of amides is 1. The molecular formula is C49H79N5O15. The molecule has 69 heavy (non-hydrogen) atoms. The summed E-state index contributed by atoms with van der Waals surface area (Å²) < 4.78 is 46.2. The molecule has 4 heterocycles. The number of hydrogen-bond donors (Lipinski definition) is 6. The maximum absolute atomic E-state index is 14.4. The number of Topliss-reactive ketones (excluding diaryl/α,β-unsaturated/α-hetero) is 1. The topological polar surface area (TPSA) is 263 Å². The first-order chi connectivity index (χ1) is 32.3. The van der Waals surface area contributed by atoms with Gasteiger partial charge in [-0.1, -0.05) is 57.2 Å². The molecule has 20 heteroatoms. The van der Waals surface area contributed by atoms with Crippen molar-refractivity contribution in [3.8, 4) is 11.3 Å². The van der Waals surface area contributed by atoms with E-state index in [0.29, 0.717) is 18.7 Å². The lowest BCUT2D eigenvalue weighted by Crippen LogP contribution is -2.61. The molecule has 18 atom stereocenters. The molecule has 0 spiro atoms. The van der Waals surface area contributed by atoms with Crippen molar-refractivity contribution < 1.29 is 73.2 Å². The first-order valence-electron chi connectivity index (χ1n) is 24.2. The Kier molecular flexibility index (Phi) is 19.1. The van der Waals surface area contributed by atoms with Crippen LogP contribution in [0, 0.1) is 23.7 Å². The highest BCUT2D eigenvalue weighted by molar-refractivity contribution is 5.83. The summed E-state index contributed by atoms with van der Waals surface area (Å²) in [5, 5.41) is 63.8. The Morgan fingerprint density at radius 2 is 1.58 bits per heavy atom. The molecule has 1 aromatic carbocycles. The molecule has 0 radical (unpaired) electrons. The van der Waals surface area contributed by atoms with Crippen molar-refractivity contribution in [2.75, 3.05) is 21.3 Å². The first kappa shape index (κ1) is 56.4. The third-order valence-electron chi connectivity index (χ3n) is 15.1. The average Bonchev–Trinajstić information content (AvgIpc) is 3.80. The Hall–Kier alpha value is -3.51. The third kappa shape index (κ3) is 12.8. The van der Waals surface area contributed by atoms with Crippen molar-refractivity contribution in [2.24, 2.45) is 23.7 Å². The molecule has 3 aliphatic rings. The van der Waals surface area contributed by atoms with Crippen molar-refractivity contribution in [2.45, 2.75) is 199 Å². The van der Waals surface area contributed by atoms with Crippen LogP contribution in [0.5, 0.6) is 0 Å². The third-order valence-corrected chi connectivity index (χ3v) is 15.1. The van der Waals surface area contributed by atoms with Gasteiger partial charge in [0.25, 0.3) is 0 Å². The number of ether oxygens (including phenoxy) is 7. The fourth-order valence-electron chi connectivity index (χ4n) is 10.5. The van der Waals surface area contributed by atoms with E-state index in [1.54, 1.807) is 60.1 Å². The molecule has 6 N–H and O–H groups in total. The standard InChI is InChI=1S/C49H79N5O15/c1-14-36-49(10,61)42(58)28(4)39(56)26(2)22-48(9,64-13)44(29(5)41(30(6)45(60)67-36)68-38-23-47(8,63-12)43(59)31(7)66-38)69-46-40(57)35(21-27(3)65-46)53(11)24-32-15-17-33(18-16-32)34-25-54(52-50-34)20-19-37(55)51-62/h15-18,25-31,35-36,38,40-44,46,57-59,61-62H,14,19-24H2,1-13H3,(H,51,55)/t26-,27+,28+,29-,30-,31-,35-,36-,38-,40+,41+,42+,43-,44-,46-,47+,48-,49-/m0/s1. The Morgan fingerprint density at radius 3 is 2.19 bits per heavy atom. The number of ketones is 1. The number of aromatic nitrogens is 3. The van der Waals surface area contributed by atoms with Crippen LogP contribution in [0.25, 0.3) is 11.3 Å². The molecule has 3 aliphatic heterocycles. The summed E-state index contributed by atoms with van der Waals surface area (Å²) in [6.07, 6.45) is -8.01. The second-order valence-electron chi connectivity index (χ2n) is 20.4. The van der Waals surface area contributed by atoms with E-state index in [4.69, 9.17) is 38.4 Å². The zero-order chi connectivity index (χ0) is 51.3. The Bertz CT molecular complexity index is 2010. The van der Waals surface area contributed by atoms with Crippen molar-refractivity contribution in [1.82, 2.24) is 25.4 Å². The number of cyclic esters (lactones) is 1. The van der Waals surface area contributed by atoms with Crippen LogP contribution < -0.4 is 5.48 Å². The second-order valence-corrected chi connectivity index (χ2v) is 20.4. The van der Waals surface area contributed by atoms with Gasteiger partial charge in [-0.15, -0.1) is 5.10 Å². The normalized spacial score (nSPS) is 39.7. The van der Waals surface area contributed by atoms with Crippen molar-refractivity contribution in [3.63, 3.8) is 0 Å². The molecule has 2 aromatic rings. The van der Waals surface area contributed by atoms with Crippen LogP contribution in [-0.2, 0) is 60.6 Å². The van der Waals surface area contributed by atoms with E-state index in [2.05, 4.69) is 10.3 Å². The van der Waals surface area contributed by atoms with Gasteiger partial charge in [-0.05, 0) is 73.4 Å². The molecule has 0 bridgehead atoms. The van der Waals surface area contributed by atoms with E-state index in [1.807, 2.05) is 50.1 Å². The number of nitrogens with one attached hydrogen (secondary N) is 1. The van der Waals surface area contributed by atoms with Gasteiger partial charge in [0.2, 0.25) is 5.91 Å². The molecule has 1 amide bonds. The van der Waals surface area contributed by atoms with Gasteiger partial charge in [-0.3, -0.25) is 29.2 Å². The van der Waals surface area contributed by atoms with Gasteiger partial charge in [0.1, 0.15) is 35.4 Å². The maximum Gasteiger partial charge on any atom is 0.311 e. The molecule has 1 aromatic heterocycles. The van der Waals surface area contributed by atoms with E-state index in [9.17, 15) is 34.8 Å². The van der Waals surface area contributed by atoms with Gasteiger partial charge in [0.05, 0.1) is 60.4 Å². The summed E-state index contributed by atoms with van der Waals surface area (Å²) in [7, 11) is 4.89. The van der Waals surface area contributed by atoms with Gasteiger partial charge in [-0.25, -0.2) is 5.48 Å². The molecule has 3 saturated heterocycles. The molecule has 0 unspecified atom stereocenters. The number of hydroxylamine groups is 1. The molecule has 20 nitrogen and oxygen atoms in total. The zero-order valence-electron chi connectivity index (χ0n) is 42.6. The maximum atomic E-state index is 14.4. The highest BCUT2D eigenvalue weighted by Crippen LogP contribution is 2.42. The van der Waals surface area contributed by atoms with Gasteiger partial charge in [-0.2, -0.15) is 0 Å². The highest BCUT2D eigenvalue weighted by atomic mass is 16.7. The fraction of sp³-hybridized carbons (Fsp3) is 0.776. The number of aliphatic hydroxyl groups is 4. The summed E-state index contributed by atoms with van der Waals surface area (Å²) in [5.41, 5.74) is -0.450. The molecule has 5 rings (SSSR count). The molecule has 390 valence electrons. The number of carbonyl (C=O) groups excluding carboxylic acids is 3.